The van der Waals surface area contributed by atoms with Crippen molar-refractivity contribution >= 4 is 5.69 Å². The molecule has 0 fully saturated rings. The summed E-state index contributed by atoms with van der Waals surface area (Å²) in [6, 6.07) is 22.6. The third kappa shape index (κ3) is 3.43. The van der Waals surface area contributed by atoms with E-state index in [1.54, 1.807) is 6.20 Å². The first-order valence-corrected chi connectivity index (χ1v) is 8.17. The molecule has 4 rings (SSSR count). The van der Waals surface area contributed by atoms with Crippen LogP contribution in [0.2, 0.25) is 0 Å². The topological polar surface area (TPSA) is 56.7 Å². The molecule has 0 aliphatic carbocycles. The van der Waals surface area contributed by atoms with Crippen LogP contribution in [-0.2, 0) is 6.54 Å². The van der Waals surface area contributed by atoms with Crippen LogP contribution in [-0.4, -0.2) is 14.8 Å². The lowest BCUT2D eigenvalue weighted by molar-refractivity contribution is 0.689. The number of aromatic nitrogens is 3. The zero-order valence-corrected chi connectivity index (χ0v) is 13.7. The molecule has 2 aromatic heterocycles. The van der Waals surface area contributed by atoms with Crippen LogP contribution < -0.4 is 5.73 Å². The third-order valence-electron chi connectivity index (χ3n) is 4.08. The molecule has 4 aromatic rings. The molecule has 0 atom stereocenters. The van der Waals surface area contributed by atoms with Gasteiger partial charge in [-0.05, 0) is 29.3 Å². The lowest BCUT2D eigenvalue weighted by Crippen LogP contribution is -2.00. The highest BCUT2D eigenvalue weighted by Gasteiger charge is 2.06. The van der Waals surface area contributed by atoms with Gasteiger partial charge in [-0.15, -0.1) is 0 Å². The van der Waals surface area contributed by atoms with E-state index in [0.29, 0.717) is 5.69 Å². The fraction of sp³-hybridized carbons (Fsp3) is 0.0476. The summed E-state index contributed by atoms with van der Waals surface area (Å²) in [5, 5.41) is 4.70. The Morgan fingerprint density at radius 1 is 0.800 bits per heavy atom. The Labute approximate surface area is 146 Å². The van der Waals surface area contributed by atoms with Crippen LogP contribution in [0.4, 0.5) is 5.69 Å². The Bertz CT molecular complexity index is 989. The predicted molar refractivity (Wildman–Crippen MR) is 101 cm³/mol. The summed E-state index contributed by atoms with van der Waals surface area (Å²) < 4.78 is 1.96. The van der Waals surface area contributed by atoms with Gasteiger partial charge in [-0.1, -0.05) is 48.5 Å². The van der Waals surface area contributed by atoms with Gasteiger partial charge in [0, 0.05) is 29.7 Å². The van der Waals surface area contributed by atoms with E-state index in [0.717, 1.165) is 28.9 Å². The number of nitrogens with zero attached hydrogens (tertiary/aromatic N) is 3. The van der Waals surface area contributed by atoms with Crippen LogP contribution in [0.5, 0.6) is 0 Å². The van der Waals surface area contributed by atoms with Crippen molar-refractivity contribution < 1.29 is 0 Å². The van der Waals surface area contributed by atoms with Gasteiger partial charge in [-0.25, -0.2) is 0 Å². The van der Waals surface area contributed by atoms with E-state index in [-0.39, 0.29) is 0 Å². The highest BCUT2D eigenvalue weighted by atomic mass is 15.3. The summed E-state index contributed by atoms with van der Waals surface area (Å²) in [5.41, 5.74) is 11.9. The summed E-state index contributed by atoms with van der Waals surface area (Å²) in [6.45, 7) is 0.764. The fourth-order valence-electron chi connectivity index (χ4n) is 2.85. The second-order valence-corrected chi connectivity index (χ2v) is 5.97. The molecule has 25 heavy (non-hydrogen) atoms. The lowest BCUT2D eigenvalue weighted by atomic mass is 10.0. The van der Waals surface area contributed by atoms with Crippen molar-refractivity contribution in [2.45, 2.75) is 6.54 Å². The maximum absolute atomic E-state index is 5.84. The van der Waals surface area contributed by atoms with Gasteiger partial charge < -0.3 is 5.73 Å². The van der Waals surface area contributed by atoms with Gasteiger partial charge in [-0.3, -0.25) is 9.67 Å². The predicted octanol–water partition coefficient (Wildman–Crippen LogP) is 4.24. The van der Waals surface area contributed by atoms with Crippen LogP contribution in [0.3, 0.4) is 0 Å². The quantitative estimate of drug-likeness (QED) is 0.610. The molecule has 0 amide bonds. The number of pyridine rings is 1. The summed E-state index contributed by atoms with van der Waals surface area (Å²) >= 11 is 0. The van der Waals surface area contributed by atoms with Crippen molar-refractivity contribution in [2.24, 2.45) is 0 Å². The second kappa shape index (κ2) is 6.61. The molecule has 0 saturated heterocycles. The molecule has 2 heterocycles. The number of anilines is 1. The summed E-state index contributed by atoms with van der Waals surface area (Å²) in [6.07, 6.45) is 5.49. The van der Waals surface area contributed by atoms with Crippen LogP contribution in [0.15, 0.2) is 85.3 Å². The van der Waals surface area contributed by atoms with Crippen molar-refractivity contribution in [2.75, 3.05) is 5.73 Å². The van der Waals surface area contributed by atoms with Gasteiger partial charge in [-0.2, -0.15) is 5.10 Å². The van der Waals surface area contributed by atoms with E-state index in [1.807, 2.05) is 53.5 Å². The van der Waals surface area contributed by atoms with Crippen molar-refractivity contribution in [3.8, 4) is 22.4 Å². The first kappa shape index (κ1) is 15.1. The Morgan fingerprint density at radius 2 is 1.64 bits per heavy atom. The molecule has 2 aromatic carbocycles. The van der Waals surface area contributed by atoms with E-state index in [2.05, 4.69) is 35.3 Å². The second-order valence-electron chi connectivity index (χ2n) is 5.97. The van der Waals surface area contributed by atoms with Crippen LogP contribution in [0.1, 0.15) is 5.56 Å². The summed E-state index contributed by atoms with van der Waals surface area (Å²) in [5.74, 6) is 0. The molecule has 4 nitrogen and oxygen atoms in total. The molecule has 0 aliphatic heterocycles. The molecule has 4 heteroatoms. The molecule has 0 saturated carbocycles. The highest BCUT2D eigenvalue weighted by Crippen LogP contribution is 2.26. The van der Waals surface area contributed by atoms with Gasteiger partial charge in [0.25, 0.3) is 0 Å². The maximum Gasteiger partial charge on any atom is 0.0923 e. The van der Waals surface area contributed by atoms with Gasteiger partial charge in [0.05, 0.1) is 17.9 Å². The molecular weight excluding hydrogens is 308 g/mol. The largest absolute Gasteiger partial charge is 0.397 e. The van der Waals surface area contributed by atoms with Gasteiger partial charge in [0.15, 0.2) is 0 Å². The molecule has 2 N–H and O–H groups in total. The van der Waals surface area contributed by atoms with Crippen molar-refractivity contribution in [1.82, 2.24) is 14.8 Å². The third-order valence-corrected chi connectivity index (χ3v) is 4.08. The van der Waals surface area contributed by atoms with Crippen molar-refractivity contribution in [3.05, 3.63) is 90.9 Å². The number of hydrogen-bond donors (Lipinski definition) is 1. The van der Waals surface area contributed by atoms with Crippen LogP contribution in [0, 0.1) is 0 Å². The van der Waals surface area contributed by atoms with Crippen molar-refractivity contribution in [3.63, 3.8) is 0 Å². The number of hydrogen-bond acceptors (Lipinski definition) is 3. The van der Waals surface area contributed by atoms with Crippen LogP contribution in [0.25, 0.3) is 22.4 Å². The van der Waals surface area contributed by atoms with E-state index >= 15 is 0 Å². The van der Waals surface area contributed by atoms with Gasteiger partial charge >= 0.3 is 0 Å². The molecule has 0 spiro atoms. The zero-order valence-electron chi connectivity index (χ0n) is 13.7. The first-order chi connectivity index (χ1) is 12.3. The summed E-state index contributed by atoms with van der Waals surface area (Å²) in [7, 11) is 0. The molecule has 0 unspecified atom stereocenters. The van der Waals surface area contributed by atoms with E-state index in [4.69, 9.17) is 10.8 Å². The van der Waals surface area contributed by atoms with Gasteiger partial charge in [0.2, 0.25) is 0 Å². The Kier molecular flexibility index (Phi) is 4.01. The van der Waals surface area contributed by atoms with Crippen molar-refractivity contribution in [1.29, 1.82) is 0 Å². The molecule has 0 radical (unpaired) electrons. The highest BCUT2D eigenvalue weighted by molar-refractivity contribution is 5.72. The smallest absolute Gasteiger partial charge is 0.0923 e. The average molecular weight is 326 g/mol. The standard InChI is InChI=1S/C21H18N4/c22-20-12-19(13-23-14-20)17-7-4-8-18(11-17)21-9-10-25(24-21)15-16-5-2-1-3-6-16/h1-14H,15,22H2. The zero-order chi connectivity index (χ0) is 17.1. The lowest BCUT2D eigenvalue weighted by Gasteiger charge is -2.05. The minimum absolute atomic E-state index is 0.662. The number of rotatable bonds is 4. The van der Waals surface area contributed by atoms with E-state index in [1.165, 1.54) is 5.56 Å². The maximum atomic E-state index is 5.84. The molecular formula is C21H18N4. The molecule has 0 aliphatic rings. The number of benzene rings is 2. The fourth-order valence-corrected chi connectivity index (χ4v) is 2.85. The molecule has 122 valence electrons. The minimum Gasteiger partial charge on any atom is -0.397 e. The molecule has 0 bridgehead atoms. The van der Waals surface area contributed by atoms with Crippen LogP contribution >= 0.6 is 0 Å². The minimum atomic E-state index is 0.662. The number of nitrogens with two attached hydrogens (primary N) is 1. The Hall–Kier alpha value is -3.40. The average Bonchev–Trinajstić information content (AvgIpc) is 3.11. The Balaban J connectivity index is 1.61. The monoisotopic (exact) mass is 326 g/mol. The van der Waals surface area contributed by atoms with Gasteiger partial charge in [0.1, 0.15) is 0 Å². The Morgan fingerprint density at radius 3 is 2.48 bits per heavy atom. The van der Waals surface area contributed by atoms with E-state index < -0.39 is 0 Å². The van der Waals surface area contributed by atoms with E-state index in [9.17, 15) is 0 Å². The number of nitrogen functional groups attached to an aromatic ring is 1. The SMILES string of the molecule is Nc1cncc(-c2cccc(-c3ccn(Cc4ccccc4)n3)c2)c1. The first-order valence-electron chi connectivity index (χ1n) is 8.17. The normalized spacial score (nSPS) is 10.7. The summed E-state index contributed by atoms with van der Waals surface area (Å²) in [4.78, 5) is 4.17.